The molecular formula is C22H21N3O5. The number of piperidine rings is 1. The van der Waals surface area contributed by atoms with E-state index in [-0.39, 0.29) is 31.7 Å². The van der Waals surface area contributed by atoms with E-state index in [2.05, 4.69) is 5.32 Å². The zero-order valence-corrected chi connectivity index (χ0v) is 16.3. The van der Waals surface area contributed by atoms with Gasteiger partial charge in [-0.3, -0.25) is 14.5 Å². The molecule has 1 spiro atoms. The van der Waals surface area contributed by atoms with Gasteiger partial charge in [0.25, 0.3) is 11.8 Å². The Morgan fingerprint density at radius 3 is 2.70 bits per heavy atom. The zero-order valence-electron chi connectivity index (χ0n) is 16.3. The van der Waals surface area contributed by atoms with Crippen molar-refractivity contribution in [2.24, 2.45) is 0 Å². The molecule has 3 heterocycles. The van der Waals surface area contributed by atoms with Crippen LogP contribution < -0.4 is 14.8 Å². The van der Waals surface area contributed by atoms with Gasteiger partial charge in [-0.2, -0.15) is 0 Å². The van der Waals surface area contributed by atoms with Crippen molar-refractivity contribution in [3.05, 3.63) is 59.7 Å². The minimum Gasteiger partial charge on any atom is -0.454 e. The Morgan fingerprint density at radius 2 is 1.87 bits per heavy atom. The van der Waals surface area contributed by atoms with Crippen LogP contribution in [-0.4, -0.2) is 53.1 Å². The van der Waals surface area contributed by atoms with Gasteiger partial charge < -0.3 is 19.7 Å². The van der Waals surface area contributed by atoms with Gasteiger partial charge in [-0.15, -0.1) is 0 Å². The fourth-order valence-corrected chi connectivity index (χ4v) is 4.30. The van der Waals surface area contributed by atoms with Crippen LogP contribution in [0.25, 0.3) is 0 Å². The van der Waals surface area contributed by atoms with Crippen molar-refractivity contribution >= 4 is 17.8 Å². The summed E-state index contributed by atoms with van der Waals surface area (Å²) in [5, 5.41) is 2.87. The summed E-state index contributed by atoms with van der Waals surface area (Å²) in [5.41, 5.74) is 0.271. The van der Waals surface area contributed by atoms with Crippen molar-refractivity contribution in [1.82, 2.24) is 15.1 Å². The van der Waals surface area contributed by atoms with E-state index in [9.17, 15) is 14.4 Å². The van der Waals surface area contributed by atoms with E-state index in [0.29, 0.717) is 36.4 Å². The third-order valence-electron chi connectivity index (χ3n) is 5.83. The lowest BCUT2D eigenvalue weighted by Crippen LogP contribution is -2.59. The van der Waals surface area contributed by atoms with Crippen molar-refractivity contribution in [3.63, 3.8) is 0 Å². The van der Waals surface area contributed by atoms with E-state index in [1.54, 1.807) is 23.1 Å². The molecule has 1 N–H and O–H groups in total. The van der Waals surface area contributed by atoms with Crippen molar-refractivity contribution in [3.8, 4) is 11.5 Å². The van der Waals surface area contributed by atoms with Gasteiger partial charge >= 0.3 is 6.03 Å². The van der Waals surface area contributed by atoms with Gasteiger partial charge in [-0.05, 0) is 36.6 Å². The summed E-state index contributed by atoms with van der Waals surface area (Å²) in [6, 6.07) is 14.0. The predicted molar refractivity (Wildman–Crippen MR) is 106 cm³/mol. The molecule has 2 aromatic rings. The van der Waals surface area contributed by atoms with Crippen LogP contribution in [0.5, 0.6) is 11.5 Å². The smallest absolute Gasteiger partial charge is 0.325 e. The average molecular weight is 407 g/mol. The fourth-order valence-electron chi connectivity index (χ4n) is 4.30. The predicted octanol–water partition coefficient (Wildman–Crippen LogP) is 2.14. The number of carbonyl (C=O) groups is 3. The van der Waals surface area contributed by atoms with Crippen LogP contribution in [0.3, 0.4) is 0 Å². The van der Waals surface area contributed by atoms with Crippen LogP contribution in [0.2, 0.25) is 0 Å². The Balaban J connectivity index is 1.35. The number of urea groups is 1. The third-order valence-corrected chi connectivity index (χ3v) is 5.83. The number of rotatable bonds is 3. The number of imide groups is 1. The summed E-state index contributed by atoms with van der Waals surface area (Å²) in [7, 11) is 0. The third kappa shape index (κ3) is 3.04. The Kier molecular flexibility index (Phi) is 4.34. The first-order chi connectivity index (χ1) is 14.6. The van der Waals surface area contributed by atoms with E-state index < -0.39 is 11.6 Å². The van der Waals surface area contributed by atoms with Gasteiger partial charge in [0, 0.05) is 12.1 Å². The van der Waals surface area contributed by atoms with Crippen LogP contribution >= 0.6 is 0 Å². The minimum absolute atomic E-state index is 0.136. The normalized spacial score (nSPS) is 22.5. The monoisotopic (exact) mass is 407 g/mol. The largest absolute Gasteiger partial charge is 0.454 e. The van der Waals surface area contributed by atoms with Crippen LogP contribution in [0.1, 0.15) is 28.8 Å². The zero-order chi connectivity index (χ0) is 20.7. The minimum atomic E-state index is -1.07. The number of ether oxygens (including phenoxy) is 2. The first kappa shape index (κ1) is 18.5. The molecule has 3 aliphatic rings. The highest BCUT2D eigenvalue weighted by molar-refractivity contribution is 6.07. The summed E-state index contributed by atoms with van der Waals surface area (Å²) in [6.07, 6.45) is 1.13. The van der Waals surface area contributed by atoms with E-state index in [1.165, 1.54) is 4.90 Å². The second kappa shape index (κ2) is 7.05. The molecule has 0 unspecified atom stereocenters. The topological polar surface area (TPSA) is 88.2 Å². The molecule has 2 fully saturated rings. The van der Waals surface area contributed by atoms with E-state index in [0.717, 1.165) is 5.56 Å². The molecule has 1 atom stereocenters. The van der Waals surface area contributed by atoms with Gasteiger partial charge in [0.2, 0.25) is 6.79 Å². The molecule has 3 aliphatic heterocycles. The number of nitrogens with zero attached hydrogens (tertiary/aromatic N) is 2. The summed E-state index contributed by atoms with van der Waals surface area (Å²) in [6.45, 7) is 1.02. The fraction of sp³-hybridized carbons (Fsp3) is 0.318. The van der Waals surface area contributed by atoms with Crippen LogP contribution in [-0.2, 0) is 11.3 Å². The number of carbonyl (C=O) groups excluding carboxylic acids is 3. The Labute approximate surface area is 173 Å². The van der Waals surface area contributed by atoms with Gasteiger partial charge in [0.05, 0.1) is 13.1 Å². The lowest BCUT2D eigenvalue weighted by molar-refractivity contribution is -0.133. The molecule has 2 saturated heterocycles. The lowest BCUT2D eigenvalue weighted by Gasteiger charge is -2.38. The summed E-state index contributed by atoms with van der Waals surface area (Å²) in [4.78, 5) is 41.8. The number of hydrogen-bond acceptors (Lipinski definition) is 5. The molecule has 0 aliphatic carbocycles. The molecule has 0 aromatic heterocycles. The number of hydrogen-bond donors (Lipinski definition) is 1. The maximum absolute atomic E-state index is 13.2. The molecule has 0 saturated carbocycles. The second-order valence-corrected chi connectivity index (χ2v) is 7.79. The molecule has 8 heteroatoms. The Morgan fingerprint density at radius 1 is 1.07 bits per heavy atom. The quantitative estimate of drug-likeness (QED) is 0.788. The average Bonchev–Trinajstić information content (AvgIpc) is 3.32. The summed E-state index contributed by atoms with van der Waals surface area (Å²) in [5.74, 6) is 0.666. The number of benzene rings is 2. The highest BCUT2D eigenvalue weighted by atomic mass is 16.7. The van der Waals surface area contributed by atoms with E-state index in [1.807, 2.05) is 30.3 Å². The maximum atomic E-state index is 13.2. The molecule has 0 radical (unpaired) electrons. The van der Waals surface area contributed by atoms with Gasteiger partial charge in [-0.25, -0.2) is 4.79 Å². The van der Waals surface area contributed by atoms with Crippen molar-refractivity contribution in [2.45, 2.75) is 24.9 Å². The maximum Gasteiger partial charge on any atom is 0.325 e. The molecular weight excluding hydrogens is 386 g/mol. The number of amides is 4. The summed E-state index contributed by atoms with van der Waals surface area (Å²) < 4.78 is 10.7. The van der Waals surface area contributed by atoms with Crippen molar-refractivity contribution in [1.29, 1.82) is 0 Å². The lowest BCUT2D eigenvalue weighted by atomic mass is 9.88. The van der Waals surface area contributed by atoms with Crippen molar-refractivity contribution in [2.75, 3.05) is 19.9 Å². The van der Waals surface area contributed by atoms with Gasteiger partial charge in [0.15, 0.2) is 11.5 Å². The van der Waals surface area contributed by atoms with Crippen LogP contribution in [0.15, 0.2) is 48.5 Å². The van der Waals surface area contributed by atoms with Crippen LogP contribution in [0.4, 0.5) is 4.79 Å². The van der Waals surface area contributed by atoms with Gasteiger partial charge in [0.1, 0.15) is 5.54 Å². The Hall–Kier alpha value is -3.55. The second-order valence-electron chi connectivity index (χ2n) is 7.79. The summed E-state index contributed by atoms with van der Waals surface area (Å²) >= 11 is 0. The first-order valence-corrected chi connectivity index (χ1v) is 9.93. The SMILES string of the molecule is O=C(c1ccc2c(c1)OCO2)N1CCC[C@]2(C1)NC(=O)N(Cc1ccccc1)C2=O. The molecule has 0 bridgehead atoms. The molecule has 8 nitrogen and oxygen atoms in total. The Bertz CT molecular complexity index is 1020. The number of likely N-dealkylation sites (tertiary alicyclic amines) is 1. The number of fused-ring (bicyclic) bond motifs is 1. The number of nitrogens with one attached hydrogen (secondary N) is 1. The molecule has 5 rings (SSSR count). The first-order valence-electron chi connectivity index (χ1n) is 9.93. The van der Waals surface area contributed by atoms with Crippen molar-refractivity contribution < 1.29 is 23.9 Å². The highest BCUT2D eigenvalue weighted by Crippen LogP contribution is 2.34. The highest BCUT2D eigenvalue weighted by Gasteiger charge is 2.53. The standard InChI is InChI=1S/C22H21N3O5/c26-19(16-7-8-17-18(11-16)30-14-29-17)24-10-4-9-22(13-24)20(27)25(21(28)23-22)12-15-5-2-1-3-6-15/h1-3,5-8,11H,4,9-10,12-14H2,(H,23,28)/t22-/m1/s1. The van der Waals surface area contributed by atoms with E-state index in [4.69, 9.17) is 9.47 Å². The molecule has 4 amide bonds. The molecule has 30 heavy (non-hydrogen) atoms. The molecule has 2 aromatic carbocycles. The molecule has 154 valence electrons. The van der Waals surface area contributed by atoms with Gasteiger partial charge in [-0.1, -0.05) is 30.3 Å². The van der Waals surface area contributed by atoms with E-state index >= 15 is 0 Å². The van der Waals surface area contributed by atoms with Crippen LogP contribution in [0, 0.1) is 0 Å².